The first kappa shape index (κ1) is 12.9. The SMILES string of the molecule is Nc1cc(OCC2CCCO2)nc(-c2ccccc2)n1. The highest BCUT2D eigenvalue weighted by atomic mass is 16.5. The lowest BCUT2D eigenvalue weighted by Gasteiger charge is -2.11. The third-order valence-corrected chi connectivity index (χ3v) is 3.20. The number of aromatic nitrogens is 2. The summed E-state index contributed by atoms with van der Waals surface area (Å²) >= 11 is 0. The fourth-order valence-corrected chi connectivity index (χ4v) is 2.19. The van der Waals surface area contributed by atoms with Gasteiger partial charge in [0.15, 0.2) is 5.82 Å². The van der Waals surface area contributed by atoms with Gasteiger partial charge in [-0.2, -0.15) is 4.98 Å². The maximum atomic E-state index is 5.82. The Morgan fingerprint density at radius 1 is 1.25 bits per heavy atom. The van der Waals surface area contributed by atoms with Crippen molar-refractivity contribution in [1.82, 2.24) is 9.97 Å². The van der Waals surface area contributed by atoms with Crippen molar-refractivity contribution in [2.45, 2.75) is 18.9 Å². The molecular weight excluding hydrogens is 254 g/mol. The summed E-state index contributed by atoms with van der Waals surface area (Å²) in [5.74, 6) is 1.47. The van der Waals surface area contributed by atoms with Gasteiger partial charge < -0.3 is 15.2 Å². The van der Waals surface area contributed by atoms with E-state index in [4.69, 9.17) is 15.2 Å². The lowest BCUT2D eigenvalue weighted by molar-refractivity contribution is 0.0663. The Bertz CT molecular complexity index is 569. The second kappa shape index (κ2) is 5.88. The molecule has 1 aliphatic rings. The van der Waals surface area contributed by atoms with Gasteiger partial charge in [-0.15, -0.1) is 0 Å². The summed E-state index contributed by atoms with van der Waals surface area (Å²) in [5, 5.41) is 0. The zero-order chi connectivity index (χ0) is 13.8. The summed E-state index contributed by atoms with van der Waals surface area (Å²) in [6.45, 7) is 1.32. The van der Waals surface area contributed by atoms with Crippen molar-refractivity contribution < 1.29 is 9.47 Å². The lowest BCUT2D eigenvalue weighted by atomic mass is 10.2. The van der Waals surface area contributed by atoms with Crippen molar-refractivity contribution in [3.8, 4) is 17.3 Å². The Labute approximate surface area is 117 Å². The van der Waals surface area contributed by atoms with Crippen LogP contribution in [0.2, 0.25) is 0 Å². The van der Waals surface area contributed by atoms with Crippen LogP contribution in [0.5, 0.6) is 5.88 Å². The Morgan fingerprint density at radius 3 is 2.85 bits per heavy atom. The first-order valence-corrected chi connectivity index (χ1v) is 6.75. The molecule has 1 saturated heterocycles. The molecule has 1 fully saturated rings. The van der Waals surface area contributed by atoms with E-state index in [-0.39, 0.29) is 6.10 Å². The molecule has 0 spiro atoms. The molecule has 1 aromatic heterocycles. The number of benzene rings is 1. The standard InChI is InChI=1S/C15H17N3O2/c16-13-9-14(20-10-12-7-4-8-19-12)18-15(17-13)11-5-2-1-3-6-11/h1-3,5-6,9,12H,4,7-8,10H2,(H2,16,17,18). The maximum absolute atomic E-state index is 5.82. The third-order valence-electron chi connectivity index (χ3n) is 3.20. The van der Waals surface area contributed by atoms with Gasteiger partial charge in [0.1, 0.15) is 12.4 Å². The number of anilines is 1. The van der Waals surface area contributed by atoms with Crippen LogP contribution in [-0.2, 0) is 4.74 Å². The summed E-state index contributed by atoms with van der Waals surface area (Å²) in [6, 6.07) is 11.4. The maximum Gasteiger partial charge on any atom is 0.219 e. The minimum atomic E-state index is 0.159. The van der Waals surface area contributed by atoms with E-state index in [1.807, 2.05) is 30.3 Å². The highest BCUT2D eigenvalue weighted by Gasteiger charge is 2.16. The van der Waals surface area contributed by atoms with Crippen LogP contribution in [0.15, 0.2) is 36.4 Å². The van der Waals surface area contributed by atoms with Crippen molar-refractivity contribution in [2.75, 3.05) is 18.9 Å². The molecule has 0 saturated carbocycles. The molecule has 1 unspecified atom stereocenters. The smallest absolute Gasteiger partial charge is 0.219 e. The van der Waals surface area contributed by atoms with Crippen LogP contribution in [0.4, 0.5) is 5.82 Å². The molecule has 0 radical (unpaired) electrons. The average molecular weight is 271 g/mol. The zero-order valence-corrected chi connectivity index (χ0v) is 11.2. The monoisotopic (exact) mass is 271 g/mol. The number of rotatable bonds is 4. The largest absolute Gasteiger partial charge is 0.475 e. The second-order valence-corrected chi connectivity index (χ2v) is 4.77. The van der Waals surface area contributed by atoms with Crippen LogP contribution in [0.25, 0.3) is 11.4 Å². The predicted molar refractivity (Wildman–Crippen MR) is 76.3 cm³/mol. The Morgan fingerprint density at radius 2 is 2.10 bits per heavy atom. The van der Waals surface area contributed by atoms with E-state index in [1.165, 1.54) is 0 Å². The molecule has 0 bridgehead atoms. The van der Waals surface area contributed by atoms with Crippen LogP contribution < -0.4 is 10.5 Å². The van der Waals surface area contributed by atoms with Crippen LogP contribution in [-0.4, -0.2) is 29.3 Å². The summed E-state index contributed by atoms with van der Waals surface area (Å²) in [7, 11) is 0. The minimum absolute atomic E-state index is 0.159. The van der Waals surface area contributed by atoms with E-state index in [1.54, 1.807) is 6.07 Å². The number of hydrogen-bond donors (Lipinski definition) is 1. The van der Waals surface area contributed by atoms with Crippen LogP contribution >= 0.6 is 0 Å². The van der Waals surface area contributed by atoms with E-state index < -0.39 is 0 Å². The van der Waals surface area contributed by atoms with Crippen molar-refractivity contribution in [1.29, 1.82) is 0 Å². The second-order valence-electron chi connectivity index (χ2n) is 4.77. The quantitative estimate of drug-likeness (QED) is 0.923. The van der Waals surface area contributed by atoms with E-state index in [0.29, 0.717) is 24.1 Å². The van der Waals surface area contributed by atoms with Crippen molar-refractivity contribution in [3.63, 3.8) is 0 Å². The Balaban J connectivity index is 1.76. The number of hydrogen-bond acceptors (Lipinski definition) is 5. The summed E-state index contributed by atoms with van der Waals surface area (Å²) in [5.41, 5.74) is 6.74. The van der Waals surface area contributed by atoms with Gasteiger partial charge in [-0.3, -0.25) is 0 Å². The molecule has 1 aromatic carbocycles. The van der Waals surface area contributed by atoms with Gasteiger partial charge in [0.25, 0.3) is 0 Å². The Kier molecular flexibility index (Phi) is 3.78. The fraction of sp³-hybridized carbons (Fsp3) is 0.333. The fourth-order valence-electron chi connectivity index (χ4n) is 2.19. The van der Waals surface area contributed by atoms with Crippen LogP contribution in [0.1, 0.15) is 12.8 Å². The lowest BCUT2D eigenvalue weighted by Crippen LogP contribution is -2.17. The molecule has 104 valence electrons. The average Bonchev–Trinajstić information content (AvgIpc) is 2.99. The predicted octanol–water partition coefficient (Wildman–Crippen LogP) is 2.28. The molecule has 5 heteroatoms. The third kappa shape index (κ3) is 3.05. The first-order chi connectivity index (χ1) is 9.81. The molecule has 5 nitrogen and oxygen atoms in total. The van der Waals surface area contributed by atoms with Crippen molar-refractivity contribution in [3.05, 3.63) is 36.4 Å². The molecule has 0 aliphatic carbocycles. The molecule has 20 heavy (non-hydrogen) atoms. The van der Waals surface area contributed by atoms with E-state index in [2.05, 4.69) is 9.97 Å². The number of nitrogen functional groups attached to an aromatic ring is 1. The van der Waals surface area contributed by atoms with Gasteiger partial charge in [-0.1, -0.05) is 30.3 Å². The highest BCUT2D eigenvalue weighted by molar-refractivity contribution is 5.57. The molecule has 1 atom stereocenters. The first-order valence-electron chi connectivity index (χ1n) is 6.75. The minimum Gasteiger partial charge on any atom is -0.475 e. The van der Waals surface area contributed by atoms with Crippen molar-refractivity contribution in [2.24, 2.45) is 0 Å². The van der Waals surface area contributed by atoms with E-state index in [0.717, 1.165) is 25.0 Å². The van der Waals surface area contributed by atoms with Gasteiger partial charge in [0.2, 0.25) is 5.88 Å². The molecule has 1 aliphatic heterocycles. The van der Waals surface area contributed by atoms with Gasteiger partial charge in [-0.25, -0.2) is 4.98 Å². The summed E-state index contributed by atoms with van der Waals surface area (Å²) in [4.78, 5) is 8.64. The van der Waals surface area contributed by atoms with Gasteiger partial charge in [-0.05, 0) is 12.8 Å². The molecular formula is C15H17N3O2. The highest BCUT2D eigenvalue weighted by Crippen LogP contribution is 2.21. The number of nitrogens with two attached hydrogens (primary N) is 1. The summed E-state index contributed by atoms with van der Waals surface area (Å²) in [6.07, 6.45) is 2.28. The summed E-state index contributed by atoms with van der Waals surface area (Å²) < 4.78 is 11.2. The molecule has 2 aromatic rings. The molecule has 3 rings (SSSR count). The number of ether oxygens (including phenoxy) is 2. The molecule has 2 N–H and O–H groups in total. The van der Waals surface area contributed by atoms with E-state index >= 15 is 0 Å². The van der Waals surface area contributed by atoms with Gasteiger partial charge in [0, 0.05) is 18.2 Å². The normalized spacial score (nSPS) is 18.1. The van der Waals surface area contributed by atoms with E-state index in [9.17, 15) is 0 Å². The Hall–Kier alpha value is -2.14. The zero-order valence-electron chi connectivity index (χ0n) is 11.2. The van der Waals surface area contributed by atoms with Crippen molar-refractivity contribution >= 4 is 5.82 Å². The number of nitrogens with zero attached hydrogens (tertiary/aromatic N) is 2. The van der Waals surface area contributed by atoms with Gasteiger partial charge in [0.05, 0.1) is 6.10 Å². The van der Waals surface area contributed by atoms with Gasteiger partial charge >= 0.3 is 0 Å². The van der Waals surface area contributed by atoms with Crippen LogP contribution in [0, 0.1) is 0 Å². The molecule has 2 heterocycles. The van der Waals surface area contributed by atoms with Crippen LogP contribution in [0.3, 0.4) is 0 Å². The topological polar surface area (TPSA) is 70.3 Å². The molecule has 0 amide bonds.